The minimum atomic E-state index is -4.96. The fourth-order valence-electron chi connectivity index (χ4n) is 11.6. The predicted octanol–water partition coefficient (Wildman–Crippen LogP) is -2.88. The highest BCUT2D eigenvalue weighted by molar-refractivity contribution is 5.81. The molecule has 0 bridgehead atoms. The number of hydrogen-bond acceptors (Lipinski definition) is 34. The first-order valence-corrected chi connectivity index (χ1v) is 28.1. The number of ether oxygens (including phenoxy) is 4. The summed E-state index contributed by atoms with van der Waals surface area (Å²) < 4.78 is 68.3. The average Bonchev–Trinajstić information content (AvgIpc) is 1.61. The molecule has 48 heteroatoms. The third-order valence-corrected chi connectivity index (χ3v) is 16.4. The fraction of sp³-hybridized carbons (Fsp3) is 0.574. The lowest BCUT2D eigenvalue weighted by atomic mass is 9.94. The predicted molar refractivity (Wildman–Crippen MR) is 302 cm³/mol. The Balaban J connectivity index is 0.000000149. The summed E-state index contributed by atoms with van der Waals surface area (Å²) in [5, 5.41) is 93.6. The Morgan fingerprint density at radius 3 is 1.22 bits per heavy atom. The summed E-state index contributed by atoms with van der Waals surface area (Å²) in [7, 11) is 0. The normalized spacial score (nSPS) is 30.1. The number of anilines is 2. The molecule has 506 valence electrons. The first kappa shape index (κ1) is 69.1. The number of H-pyrrole nitrogens is 3. The van der Waals surface area contributed by atoms with Gasteiger partial charge in [0.2, 0.25) is 25.6 Å². The fourth-order valence-corrected chi connectivity index (χ4v) is 11.6. The Morgan fingerprint density at radius 2 is 0.853 bits per heavy atom. The van der Waals surface area contributed by atoms with Crippen LogP contribution in [0, 0.1) is 45.8 Å². The lowest BCUT2D eigenvalue weighted by Gasteiger charge is -2.23. The van der Waals surface area contributed by atoms with Crippen LogP contribution in [0.4, 0.5) is 24.9 Å². The van der Waals surface area contributed by atoms with Crippen molar-refractivity contribution in [1.82, 2.24) is 97.7 Å². The van der Waals surface area contributed by atoms with Gasteiger partial charge in [-0.05, 0) is 19.3 Å². The van der Waals surface area contributed by atoms with Crippen LogP contribution in [-0.2, 0) is 18.9 Å². The van der Waals surface area contributed by atoms with Crippen LogP contribution in [-0.4, -0.2) is 199 Å². The van der Waals surface area contributed by atoms with Crippen molar-refractivity contribution < 1.29 is 73.0 Å². The maximum absolute atomic E-state index is 13.5. The van der Waals surface area contributed by atoms with Gasteiger partial charge in [-0.1, -0.05) is 20.8 Å². The zero-order valence-electron chi connectivity index (χ0n) is 49.5. The first-order chi connectivity index (χ1) is 45.4. The number of hydrogen-bond donors (Lipinski definition) is 17. The van der Waals surface area contributed by atoms with E-state index < -0.39 is 140 Å². The number of nitrogens with one attached hydrogen (secondary N) is 7. The molecule has 0 aliphatic carbocycles. The quantitative estimate of drug-likeness (QED) is 0.0362. The third-order valence-electron chi connectivity index (χ3n) is 16.4. The van der Waals surface area contributed by atoms with E-state index >= 15 is 0 Å². The molecule has 4 fully saturated rings. The van der Waals surface area contributed by atoms with Gasteiger partial charge in [0.1, 0.15) is 109 Å². The van der Waals surface area contributed by atoms with Crippen LogP contribution in [0.2, 0.25) is 0 Å². The molecule has 19 N–H and O–H groups in total. The maximum Gasteiger partial charge on any atom is 0.398 e. The van der Waals surface area contributed by atoms with E-state index in [2.05, 4.69) is 99.9 Å². The number of nitrogens with zero attached hydrogens (tertiary/aromatic N) is 21. The summed E-state index contributed by atoms with van der Waals surface area (Å²) in [6.45, 7) is 2.49. The Kier molecular flexibility index (Phi) is 19.9. The van der Waals surface area contributed by atoms with Crippen LogP contribution < -0.4 is 47.8 Å². The number of aromatic nitrogens is 16. The largest absolute Gasteiger partial charge is 0.398 e. The molecule has 4 aliphatic rings. The molecule has 12 rings (SSSR count). The van der Waals surface area contributed by atoms with Gasteiger partial charge in [0, 0.05) is 17.8 Å². The lowest BCUT2D eigenvalue weighted by Crippen LogP contribution is -2.46. The van der Waals surface area contributed by atoms with E-state index in [1.165, 1.54) is 40.8 Å². The molecule has 0 spiro atoms. The maximum atomic E-state index is 13.5. The monoisotopic (exact) mass is 1340 g/mol. The van der Waals surface area contributed by atoms with E-state index in [0.29, 0.717) is 36.1 Å². The van der Waals surface area contributed by atoms with Crippen molar-refractivity contribution in [3.8, 4) is 0 Å². The van der Waals surface area contributed by atoms with Crippen molar-refractivity contribution in [3.05, 3.63) is 75.4 Å². The minimum absolute atomic E-state index is 0.0701. The molecule has 0 aromatic carbocycles. The summed E-state index contributed by atoms with van der Waals surface area (Å²) in [5.41, 5.74) is 30.7. The van der Waals surface area contributed by atoms with E-state index in [4.69, 9.17) is 52.5 Å². The standard InChI is InChI=1S/C12H16N8O4.C12H17N8O3.C12H15N7O4.C11H10F3N7O4/c1-2-5-7(22)12(3-21,18-19-14)24-10(5)20-4-15-6-8(20)16-11(13)17-9(6)23;1-2-6-8(22)12(3-21,18-19-14)23-11(6)20-5-17-7-9(13)15-4-16-10(7)20;1-2-6-8(21)12(3-20,17-18-13)23-11(6)19-5-16-7-9(19)14-4-15-10(7)22;12-11(13,14)4-6(23)10(1-22,19-20-15)25-9(4)21-3-18-5-7(21)16-2-17-8(5)24/h4-5,7,10,14,21-22H,2-3H2,1H3,(H2-,13,16,17,23);4-6,8,11,14,21-22H,2-3H2,1H3,(H2,13,15,16);4-6,8,11,13,20-21H,2-3H2,1H3;2-4,6,9,15,22-23H,1H2/q;+1;;/p+3/t5-,7-,10+,12+;2*6-,8-,11+,12+;4-,6-,9+,10+/m0000/s1. The van der Waals surface area contributed by atoms with Crippen LogP contribution in [0.15, 0.2) is 79.1 Å². The Bertz CT molecular complexity index is 4500. The Morgan fingerprint density at radius 1 is 0.516 bits per heavy atom. The number of nitrogen functional groups attached to an aromatic ring is 2. The molecule has 8 aromatic rings. The van der Waals surface area contributed by atoms with E-state index in [1.807, 2.05) is 20.8 Å². The van der Waals surface area contributed by atoms with Crippen LogP contribution in [0.3, 0.4) is 0 Å². The molecule has 95 heavy (non-hydrogen) atoms. The van der Waals surface area contributed by atoms with Gasteiger partial charge < -0.3 is 81.2 Å². The molecule has 0 saturated carbocycles. The summed E-state index contributed by atoms with van der Waals surface area (Å²) in [6.07, 6.45) is -4.86. The van der Waals surface area contributed by atoms with E-state index in [-0.39, 0.29) is 45.2 Å². The van der Waals surface area contributed by atoms with Gasteiger partial charge in [-0.25, -0.2) is 39.9 Å². The number of alkyl halides is 3. The average molecular weight is 1340 g/mol. The Hall–Kier alpha value is -10.2. The van der Waals surface area contributed by atoms with Gasteiger partial charge in [0.15, 0.2) is 71.6 Å². The van der Waals surface area contributed by atoms with Crippen molar-refractivity contribution in [2.75, 3.05) is 37.9 Å². The number of aliphatic hydroxyl groups is 8. The van der Waals surface area contributed by atoms with Crippen LogP contribution >= 0.6 is 0 Å². The van der Waals surface area contributed by atoms with Gasteiger partial charge in [-0.3, -0.25) is 37.6 Å². The molecular formula is C47H61F3N30O15+4. The second kappa shape index (κ2) is 27.4. The SMILES string of the molecule is CC[C@@H]1[C@H](n2cnc3c(=O)[nH]c(N)nc32)O[C@@](CO)(N=[N+]=N)[C@H]1O.CC[C@@H]1[C@H](n2cnc3c(=O)[nH]cnc32)O[C@@](CO)(N=[N+]=N)[C@H]1O.CC[C@@H]1[C@H](n2cnc3c(N)ncnc32)O[C@@](CO)(N=[N+]=N)[C@H]1O.N=[N+]=N[C@]1(CO)O[C@@H](n2cnc3c(=O)[nH]cnc32)[C@@H](C(F)(F)F)[C@@H]1O. The van der Waals surface area contributed by atoms with E-state index in [9.17, 15) is 68.4 Å². The van der Waals surface area contributed by atoms with Crippen molar-refractivity contribution in [1.29, 1.82) is 22.1 Å². The van der Waals surface area contributed by atoms with Gasteiger partial charge >= 0.3 is 6.18 Å². The zero-order valence-corrected chi connectivity index (χ0v) is 49.5. The number of rotatable bonds is 15. The van der Waals surface area contributed by atoms with E-state index in [1.54, 1.807) is 4.57 Å². The van der Waals surface area contributed by atoms with Gasteiger partial charge in [0.05, 0.1) is 38.0 Å². The van der Waals surface area contributed by atoms with Gasteiger partial charge in [-0.2, -0.15) is 18.2 Å². The summed E-state index contributed by atoms with van der Waals surface area (Å²) in [5.74, 6) is -3.74. The molecule has 8 aromatic heterocycles. The molecule has 45 nitrogen and oxygen atoms in total. The van der Waals surface area contributed by atoms with Gasteiger partial charge in [-0.15, -0.1) is 0 Å². The topological polar surface area (TPSA) is 686 Å². The smallest absolute Gasteiger partial charge is 0.391 e. The summed E-state index contributed by atoms with van der Waals surface area (Å²) >= 11 is 0. The molecule has 4 saturated heterocycles. The lowest BCUT2D eigenvalue weighted by molar-refractivity contribution is -0.210. The summed E-state index contributed by atoms with van der Waals surface area (Å²) in [4.78, 5) is 89.5. The molecule has 12 heterocycles. The number of halogens is 3. The highest BCUT2D eigenvalue weighted by atomic mass is 19.4. The van der Waals surface area contributed by atoms with Gasteiger partial charge in [0.25, 0.3) is 39.6 Å². The second-order valence-electron chi connectivity index (χ2n) is 21.4. The molecule has 16 atom stereocenters. The molecular weight excluding hydrogens is 1280 g/mol. The number of nitrogens with two attached hydrogens (primary N) is 2. The van der Waals surface area contributed by atoms with Crippen molar-refractivity contribution in [2.45, 2.75) is 118 Å². The molecule has 4 aliphatic heterocycles. The molecule has 0 amide bonds. The van der Waals surface area contributed by atoms with Crippen LogP contribution in [0.25, 0.3) is 44.7 Å². The minimum Gasteiger partial charge on any atom is -0.391 e. The van der Waals surface area contributed by atoms with Crippen molar-refractivity contribution in [3.63, 3.8) is 0 Å². The Labute approximate surface area is 523 Å². The highest BCUT2D eigenvalue weighted by Crippen LogP contribution is 2.51. The van der Waals surface area contributed by atoms with Crippen LogP contribution in [0.5, 0.6) is 0 Å². The summed E-state index contributed by atoms with van der Waals surface area (Å²) in [6, 6.07) is 0. The third kappa shape index (κ3) is 12.0. The number of fused-ring (bicyclic) bond motifs is 4. The number of aromatic amines is 3. The zero-order chi connectivity index (χ0) is 69.1. The number of aliphatic hydroxyl groups excluding tert-OH is 8. The second-order valence-corrected chi connectivity index (χ2v) is 21.4. The first-order valence-electron chi connectivity index (χ1n) is 28.1. The van der Waals surface area contributed by atoms with Crippen LogP contribution in [0.1, 0.15) is 64.9 Å². The molecule has 0 unspecified atom stereocenters. The van der Waals surface area contributed by atoms with Crippen molar-refractivity contribution >= 4 is 56.4 Å². The van der Waals surface area contributed by atoms with E-state index in [0.717, 1.165) is 17.2 Å². The molecule has 0 radical (unpaired) electrons. The highest BCUT2D eigenvalue weighted by Gasteiger charge is 2.68. The van der Waals surface area contributed by atoms with Crippen molar-refractivity contribution in [2.24, 2.45) is 44.1 Å². The number of imidazole rings is 4.